The molecule has 0 atom stereocenters. The minimum atomic E-state index is -4.69. The molecule has 2 heterocycles. The van der Waals surface area contributed by atoms with Crippen LogP contribution in [0.1, 0.15) is 11.4 Å². The second kappa shape index (κ2) is 7.46. The third kappa shape index (κ3) is 4.00. The van der Waals surface area contributed by atoms with E-state index in [0.717, 1.165) is 4.57 Å². The van der Waals surface area contributed by atoms with E-state index in [0.29, 0.717) is 30.3 Å². The minimum Gasteiger partial charge on any atom is -0.486 e. The largest absolute Gasteiger partial charge is 0.486 e. The Morgan fingerprint density at radius 1 is 1.17 bits per heavy atom. The van der Waals surface area contributed by atoms with Crippen molar-refractivity contribution in [2.45, 2.75) is 12.7 Å². The van der Waals surface area contributed by atoms with E-state index in [1.807, 2.05) is 0 Å². The number of para-hydroxylation sites is 2. The summed E-state index contributed by atoms with van der Waals surface area (Å²) in [5, 5.41) is 3.81. The summed E-state index contributed by atoms with van der Waals surface area (Å²) in [5.74, 6) is -0.674. The van der Waals surface area contributed by atoms with Crippen molar-refractivity contribution < 1.29 is 27.4 Å². The number of ether oxygens (including phenoxy) is 2. The van der Waals surface area contributed by atoms with E-state index in [9.17, 15) is 18.0 Å². The predicted octanol–water partition coefficient (Wildman–Crippen LogP) is 2.98. The van der Waals surface area contributed by atoms with Gasteiger partial charge in [0.05, 0.1) is 17.2 Å². The molecule has 0 bridgehead atoms. The second-order valence-corrected chi connectivity index (χ2v) is 6.20. The highest BCUT2D eigenvalue weighted by atomic mass is 19.4. The molecule has 0 spiro atoms. The maximum absolute atomic E-state index is 13.3. The van der Waals surface area contributed by atoms with Crippen molar-refractivity contribution in [2.24, 2.45) is 5.10 Å². The molecule has 0 radical (unpaired) electrons. The Labute approximate surface area is 162 Å². The molecule has 1 aliphatic rings. The lowest BCUT2D eigenvalue weighted by molar-refractivity contribution is -0.147. The normalized spacial score (nSPS) is 13.8. The summed E-state index contributed by atoms with van der Waals surface area (Å²) in [6.07, 6.45) is -3.32. The number of hydrogen-bond donors (Lipinski definition) is 1. The summed E-state index contributed by atoms with van der Waals surface area (Å²) >= 11 is 0. The van der Waals surface area contributed by atoms with E-state index in [-0.39, 0.29) is 11.0 Å². The summed E-state index contributed by atoms with van der Waals surface area (Å²) in [4.78, 5) is 15.8. The molecule has 3 aromatic rings. The van der Waals surface area contributed by atoms with E-state index in [1.54, 1.807) is 30.3 Å². The highest BCUT2D eigenvalue weighted by Gasteiger charge is 2.37. The minimum absolute atomic E-state index is 0.160. The fourth-order valence-corrected chi connectivity index (χ4v) is 2.95. The van der Waals surface area contributed by atoms with E-state index in [1.165, 1.54) is 18.3 Å². The van der Waals surface area contributed by atoms with Crippen molar-refractivity contribution >= 4 is 23.2 Å². The van der Waals surface area contributed by atoms with E-state index in [2.05, 4.69) is 15.5 Å². The van der Waals surface area contributed by atoms with Crippen molar-refractivity contribution in [2.75, 3.05) is 13.2 Å². The van der Waals surface area contributed by atoms with Gasteiger partial charge in [0.2, 0.25) is 5.82 Å². The van der Waals surface area contributed by atoms with Gasteiger partial charge in [-0.1, -0.05) is 12.1 Å². The highest BCUT2D eigenvalue weighted by Crippen LogP contribution is 2.31. The van der Waals surface area contributed by atoms with Crippen LogP contribution < -0.4 is 14.9 Å². The Hall–Kier alpha value is -3.56. The highest BCUT2D eigenvalue weighted by molar-refractivity contribution is 5.84. The van der Waals surface area contributed by atoms with E-state index >= 15 is 0 Å². The molecule has 2 aromatic carbocycles. The first-order valence-electron chi connectivity index (χ1n) is 8.66. The summed E-state index contributed by atoms with van der Waals surface area (Å²) in [7, 11) is 0. The number of alkyl halides is 3. The number of amides is 1. The van der Waals surface area contributed by atoms with Gasteiger partial charge in [-0.2, -0.15) is 18.3 Å². The smallest absolute Gasteiger partial charge is 0.449 e. The number of fused-ring (bicyclic) bond motifs is 2. The van der Waals surface area contributed by atoms with Crippen LogP contribution in [0.4, 0.5) is 13.2 Å². The van der Waals surface area contributed by atoms with Crippen LogP contribution in [0.2, 0.25) is 0 Å². The van der Waals surface area contributed by atoms with Crippen LogP contribution in [0.25, 0.3) is 11.0 Å². The number of carbonyl (C=O) groups is 1. The molecule has 7 nitrogen and oxygen atoms in total. The molecule has 1 aliphatic heterocycles. The molecule has 150 valence electrons. The number of rotatable bonds is 4. The molecule has 10 heteroatoms. The summed E-state index contributed by atoms with van der Waals surface area (Å²) in [5.41, 5.74) is 3.25. The third-order valence-corrected chi connectivity index (χ3v) is 4.18. The predicted molar refractivity (Wildman–Crippen MR) is 97.9 cm³/mol. The van der Waals surface area contributed by atoms with Crippen molar-refractivity contribution in [1.82, 2.24) is 15.0 Å². The Morgan fingerprint density at radius 3 is 2.72 bits per heavy atom. The van der Waals surface area contributed by atoms with Crippen molar-refractivity contribution in [3.05, 3.63) is 53.9 Å². The zero-order valence-corrected chi connectivity index (χ0v) is 14.9. The first-order chi connectivity index (χ1) is 13.9. The van der Waals surface area contributed by atoms with Crippen LogP contribution in [-0.4, -0.2) is 34.9 Å². The number of benzene rings is 2. The van der Waals surface area contributed by atoms with Crippen molar-refractivity contribution in [3.63, 3.8) is 0 Å². The standard InChI is InChI=1S/C19H15F3N4O3/c20-19(21,22)18-24-13-3-1-2-4-14(13)26(18)11-17(27)25-23-10-12-5-6-15-16(9-12)29-8-7-28-15/h1-6,9-10H,7-8,11H2,(H,25,27)/b23-10+. The molecular formula is C19H15F3N4O3. The second-order valence-electron chi connectivity index (χ2n) is 6.20. The maximum atomic E-state index is 13.3. The van der Waals surface area contributed by atoms with Gasteiger partial charge in [0.15, 0.2) is 11.5 Å². The average molecular weight is 404 g/mol. The molecule has 4 rings (SSSR count). The molecule has 0 unspecified atom stereocenters. The number of halogens is 3. The summed E-state index contributed by atoms with van der Waals surface area (Å²) in [6.45, 7) is 0.331. The number of imidazole rings is 1. The quantitative estimate of drug-likeness (QED) is 0.536. The van der Waals surface area contributed by atoms with Crippen LogP contribution in [0.5, 0.6) is 11.5 Å². The topological polar surface area (TPSA) is 77.7 Å². The summed E-state index contributed by atoms with van der Waals surface area (Å²) < 4.78 is 51.5. The fourth-order valence-electron chi connectivity index (χ4n) is 2.95. The van der Waals surface area contributed by atoms with Crippen LogP contribution >= 0.6 is 0 Å². The van der Waals surface area contributed by atoms with Crippen LogP contribution in [0.15, 0.2) is 47.6 Å². The SMILES string of the molecule is O=C(Cn1c(C(F)(F)F)nc2ccccc21)N/N=C/c1ccc2c(c1)OCCO2. The van der Waals surface area contributed by atoms with Gasteiger partial charge in [-0.25, -0.2) is 10.4 Å². The summed E-state index contributed by atoms with van der Waals surface area (Å²) in [6, 6.07) is 11.2. The van der Waals surface area contributed by atoms with Gasteiger partial charge in [0.25, 0.3) is 5.91 Å². The number of carbonyl (C=O) groups excluding carboxylic acids is 1. The van der Waals surface area contributed by atoms with Crippen molar-refractivity contribution in [1.29, 1.82) is 0 Å². The first kappa shape index (κ1) is 18.8. The molecule has 0 saturated heterocycles. The molecule has 0 aliphatic carbocycles. The number of aromatic nitrogens is 2. The van der Waals surface area contributed by atoms with E-state index < -0.39 is 24.5 Å². The van der Waals surface area contributed by atoms with Crippen LogP contribution in [0.3, 0.4) is 0 Å². The Bertz CT molecular complexity index is 1090. The van der Waals surface area contributed by atoms with Crippen LogP contribution in [-0.2, 0) is 17.5 Å². The van der Waals surface area contributed by atoms with Gasteiger partial charge in [-0.3, -0.25) is 4.79 Å². The number of nitrogens with one attached hydrogen (secondary N) is 1. The fraction of sp³-hybridized carbons (Fsp3) is 0.211. The lowest BCUT2D eigenvalue weighted by atomic mass is 10.2. The van der Waals surface area contributed by atoms with Gasteiger partial charge >= 0.3 is 6.18 Å². The monoisotopic (exact) mass is 404 g/mol. The molecule has 1 aromatic heterocycles. The lowest BCUT2D eigenvalue weighted by Gasteiger charge is -2.18. The Balaban J connectivity index is 1.48. The maximum Gasteiger partial charge on any atom is 0.449 e. The Kier molecular flexibility index (Phi) is 4.83. The molecule has 0 fully saturated rings. The van der Waals surface area contributed by atoms with Gasteiger partial charge in [-0.15, -0.1) is 0 Å². The lowest BCUT2D eigenvalue weighted by Crippen LogP contribution is -2.26. The molecule has 0 saturated carbocycles. The first-order valence-corrected chi connectivity index (χ1v) is 8.66. The average Bonchev–Trinajstić information content (AvgIpc) is 3.07. The molecule has 1 amide bonds. The zero-order valence-electron chi connectivity index (χ0n) is 14.9. The Morgan fingerprint density at radius 2 is 1.93 bits per heavy atom. The molecule has 29 heavy (non-hydrogen) atoms. The third-order valence-electron chi connectivity index (χ3n) is 4.18. The number of hydrogen-bond acceptors (Lipinski definition) is 5. The van der Waals surface area contributed by atoms with Crippen molar-refractivity contribution in [3.8, 4) is 11.5 Å². The van der Waals surface area contributed by atoms with Gasteiger partial charge < -0.3 is 14.0 Å². The molecule has 1 N–H and O–H groups in total. The van der Waals surface area contributed by atoms with Gasteiger partial charge in [0.1, 0.15) is 19.8 Å². The number of nitrogens with zero attached hydrogens (tertiary/aromatic N) is 3. The number of hydrazone groups is 1. The van der Waals surface area contributed by atoms with Crippen LogP contribution in [0, 0.1) is 0 Å². The van der Waals surface area contributed by atoms with Gasteiger partial charge in [0, 0.05) is 0 Å². The van der Waals surface area contributed by atoms with E-state index in [4.69, 9.17) is 9.47 Å². The van der Waals surface area contributed by atoms with Gasteiger partial charge in [-0.05, 0) is 35.9 Å². The molecular weight excluding hydrogens is 389 g/mol. The zero-order chi connectivity index (χ0) is 20.4.